The van der Waals surface area contributed by atoms with E-state index in [0.717, 1.165) is 24.8 Å². The van der Waals surface area contributed by atoms with Crippen molar-refractivity contribution >= 4 is 17.7 Å². The Morgan fingerprint density at radius 3 is 2.24 bits per heavy atom. The molecule has 1 aliphatic heterocycles. The van der Waals surface area contributed by atoms with Crippen LogP contribution in [0.15, 0.2) is 30.3 Å². The minimum atomic E-state index is -0.845. The Hall–Kier alpha value is -2.49. The van der Waals surface area contributed by atoms with Gasteiger partial charge in [-0.05, 0) is 37.2 Å². The summed E-state index contributed by atoms with van der Waals surface area (Å²) in [5.74, 6) is -0.424. The lowest BCUT2D eigenvalue weighted by atomic mass is 9.90. The molecule has 238 valence electrons. The van der Waals surface area contributed by atoms with Crippen LogP contribution in [0.3, 0.4) is 0 Å². The van der Waals surface area contributed by atoms with Crippen LogP contribution in [0.5, 0.6) is 0 Å². The predicted molar refractivity (Wildman–Crippen MR) is 165 cm³/mol. The van der Waals surface area contributed by atoms with Gasteiger partial charge in [0.15, 0.2) is 0 Å². The molecule has 0 bridgehead atoms. The molecule has 0 radical (unpaired) electrons. The van der Waals surface area contributed by atoms with E-state index >= 15 is 0 Å². The number of likely N-dealkylation sites (N-methyl/N-ethyl adjacent to an activating group) is 1. The Balaban J connectivity index is 2.15. The fourth-order valence-corrected chi connectivity index (χ4v) is 6.19. The summed E-state index contributed by atoms with van der Waals surface area (Å²) in [7, 11) is 4.99. The highest BCUT2D eigenvalue weighted by Gasteiger charge is 2.42. The minimum Gasteiger partial charge on any atom is -0.386 e. The van der Waals surface area contributed by atoms with Gasteiger partial charge in [-0.2, -0.15) is 0 Å². The molecule has 1 aromatic carbocycles. The molecule has 1 heterocycles. The van der Waals surface area contributed by atoms with E-state index in [-0.39, 0.29) is 48.1 Å². The van der Waals surface area contributed by atoms with E-state index in [1.54, 1.807) is 33.0 Å². The van der Waals surface area contributed by atoms with Crippen molar-refractivity contribution < 1.29 is 29.0 Å². The molecule has 1 saturated heterocycles. The number of aliphatic hydroxyl groups is 1. The number of hydrogen-bond acceptors (Lipinski definition) is 6. The lowest BCUT2D eigenvalue weighted by Crippen LogP contribution is -2.53. The number of nitrogens with zero attached hydrogens (tertiary/aromatic N) is 2. The maximum Gasteiger partial charge on any atom is 0.225 e. The van der Waals surface area contributed by atoms with Crippen molar-refractivity contribution in [1.82, 2.24) is 15.1 Å². The standard InChI is InChI=1S/C33H55N3O6/c1-10-22(4)30(35(7)28(37)19-21(2)3)27(41-8)20-29(38)36-18-14-17-26(36)32(42-9)23(5)33(40)34-24(6)31(39)25-15-12-11-13-16-25/h11-13,15-16,21-24,26-27,30-32,39H,10,14,17-20H2,1-9H3,(H,34,40)/t22-,23+,24?,26?,27+,30-,31?,32+/m0/s1. The molecule has 1 aromatic rings. The summed E-state index contributed by atoms with van der Waals surface area (Å²) in [6.07, 6.45) is 1.15. The van der Waals surface area contributed by atoms with E-state index in [4.69, 9.17) is 9.47 Å². The van der Waals surface area contributed by atoms with Crippen molar-refractivity contribution in [3.8, 4) is 0 Å². The average molecular weight is 590 g/mol. The predicted octanol–water partition coefficient (Wildman–Crippen LogP) is 4.19. The summed E-state index contributed by atoms with van der Waals surface area (Å²) in [6.45, 7) is 12.4. The third kappa shape index (κ3) is 9.25. The maximum absolute atomic E-state index is 13.8. The van der Waals surface area contributed by atoms with Crippen LogP contribution in [0.1, 0.15) is 85.3 Å². The molecule has 8 atom stereocenters. The molecule has 0 spiro atoms. The molecular weight excluding hydrogens is 534 g/mol. The molecule has 2 rings (SSSR count). The number of likely N-dealkylation sites (tertiary alicyclic amines) is 1. The molecule has 9 nitrogen and oxygen atoms in total. The number of carbonyl (C=O) groups excluding carboxylic acids is 3. The summed E-state index contributed by atoms with van der Waals surface area (Å²) in [6, 6.07) is 8.22. The zero-order chi connectivity index (χ0) is 31.6. The van der Waals surface area contributed by atoms with Crippen LogP contribution in [0.2, 0.25) is 0 Å². The first-order valence-corrected chi connectivity index (χ1v) is 15.5. The van der Waals surface area contributed by atoms with Gasteiger partial charge in [-0.25, -0.2) is 0 Å². The lowest BCUT2D eigenvalue weighted by molar-refractivity contribution is -0.146. The topological polar surface area (TPSA) is 108 Å². The van der Waals surface area contributed by atoms with E-state index in [0.29, 0.717) is 13.0 Å². The van der Waals surface area contributed by atoms with Crippen LogP contribution in [-0.4, -0.2) is 90.8 Å². The van der Waals surface area contributed by atoms with E-state index < -0.39 is 30.3 Å². The van der Waals surface area contributed by atoms with Crippen LogP contribution < -0.4 is 5.32 Å². The SMILES string of the molecule is CC[C@H](C)[C@@H]([C@@H](CC(=O)N1CCCC1[C@H](OC)[C@@H](C)C(=O)NC(C)C(O)c1ccccc1)OC)N(C)C(=O)CC(C)C. The fourth-order valence-electron chi connectivity index (χ4n) is 6.19. The highest BCUT2D eigenvalue weighted by molar-refractivity contribution is 5.81. The molecule has 0 aromatic heterocycles. The van der Waals surface area contributed by atoms with Crippen molar-refractivity contribution in [2.75, 3.05) is 27.8 Å². The number of hydrogen-bond donors (Lipinski definition) is 2. The molecule has 2 N–H and O–H groups in total. The first-order valence-electron chi connectivity index (χ1n) is 15.5. The fraction of sp³-hybridized carbons (Fsp3) is 0.727. The van der Waals surface area contributed by atoms with E-state index in [2.05, 4.69) is 19.2 Å². The van der Waals surface area contributed by atoms with E-state index in [1.165, 1.54) is 0 Å². The summed E-state index contributed by atoms with van der Waals surface area (Å²) in [5.41, 5.74) is 0.730. The van der Waals surface area contributed by atoms with Gasteiger partial charge in [-0.3, -0.25) is 14.4 Å². The first kappa shape index (κ1) is 35.7. The van der Waals surface area contributed by atoms with Gasteiger partial charge in [0.1, 0.15) is 0 Å². The number of methoxy groups -OCH3 is 2. The zero-order valence-electron chi connectivity index (χ0n) is 27.2. The van der Waals surface area contributed by atoms with Crippen molar-refractivity contribution in [3.63, 3.8) is 0 Å². The van der Waals surface area contributed by atoms with Crippen LogP contribution >= 0.6 is 0 Å². The van der Waals surface area contributed by atoms with Gasteiger partial charge in [0.05, 0.1) is 48.8 Å². The van der Waals surface area contributed by atoms with Crippen LogP contribution in [0.4, 0.5) is 0 Å². The van der Waals surface area contributed by atoms with Gasteiger partial charge in [-0.15, -0.1) is 0 Å². The first-order chi connectivity index (χ1) is 19.9. The number of nitrogens with one attached hydrogen (secondary N) is 1. The molecule has 1 aliphatic rings. The number of amides is 3. The quantitative estimate of drug-likeness (QED) is 0.299. The van der Waals surface area contributed by atoms with E-state index in [9.17, 15) is 19.5 Å². The largest absolute Gasteiger partial charge is 0.386 e. The van der Waals surface area contributed by atoms with Gasteiger partial charge >= 0.3 is 0 Å². The van der Waals surface area contributed by atoms with Crippen molar-refractivity contribution in [2.24, 2.45) is 17.8 Å². The molecule has 3 amide bonds. The number of ether oxygens (including phenoxy) is 2. The van der Waals surface area contributed by atoms with Crippen LogP contribution in [-0.2, 0) is 23.9 Å². The number of rotatable bonds is 16. The monoisotopic (exact) mass is 589 g/mol. The van der Waals surface area contributed by atoms with Gasteiger partial charge < -0.3 is 29.7 Å². The summed E-state index contributed by atoms with van der Waals surface area (Å²) in [4.78, 5) is 43.7. The highest BCUT2D eigenvalue weighted by Crippen LogP contribution is 2.30. The van der Waals surface area contributed by atoms with Crippen molar-refractivity contribution in [2.45, 2.75) is 110 Å². The second-order valence-corrected chi connectivity index (χ2v) is 12.4. The van der Waals surface area contributed by atoms with Crippen LogP contribution in [0, 0.1) is 17.8 Å². The Kier molecular flexibility index (Phi) is 14.4. The normalized spacial score (nSPS) is 20.4. The molecule has 0 saturated carbocycles. The van der Waals surface area contributed by atoms with Gasteiger partial charge in [0.25, 0.3) is 0 Å². The number of carbonyl (C=O) groups is 3. The van der Waals surface area contributed by atoms with Gasteiger partial charge in [-0.1, -0.05) is 71.4 Å². The van der Waals surface area contributed by atoms with Gasteiger partial charge in [0, 0.05) is 34.2 Å². The van der Waals surface area contributed by atoms with Gasteiger partial charge in [0.2, 0.25) is 17.7 Å². The second-order valence-electron chi connectivity index (χ2n) is 12.4. The minimum absolute atomic E-state index is 0.0507. The van der Waals surface area contributed by atoms with Crippen molar-refractivity contribution in [1.29, 1.82) is 0 Å². The third-order valence-electron chi connectivity index (χ3n) is 8.87. The molecular formula is C33H55N3O6. The number of aliphatic hydroxyl groups excluding tert-OH is 1. The Morgan fingerprint density at radius 1 is 1.05 bits per heavy atom. The van der Waals surface area contributed by atoms with Crippen molar-refractivity contribution in [3.05, 3.63) is 35.9 Å². The Bertz CT molecular complexity index is 989. The summed E-state index contributed by atoms with van der Waals surface area (Å²) in [5, 5.41) is 13.7. The smallest absolute Gasteiger partial charge is 0.225 e. The Morgan fingerprint density at radius 2 is 1.69 bits per heavy atom. The highest BCUT2D eigenvalue weighted by atomic mass is 16.5. The molecule has 3 unspecified atom stereocenters. The molecule has 42 heavy (non-hydrogen) atoms. The van der Waals surface area contributed by atoms with Crippen LogP contribution in [0.25, 0.3) is 0 Å². The molecule has 0 aliphatic carbocycles. The summed E-state index contributed by atoms with van der Waals surface area (Å²) >= 11 is 0. The zero-order valence-corrected chi connectivity index (χ0v) is 27.2. The summed E-state index contributed by atoms with van der Waals surface area (Å²) < 4.78 is 11.8. The second kappa shape index (κ2) is 17.0. The lowest BCUT2D eigenvalue weighted by Gasteiger charge is -2.39. The van der Waals surface area contributed by atoms with E-state index in [1.807, 2.05) is 56.1 Å². The third-order valence-corrected chi connectivity index (χ3v) is 8.87. The molecule has 1 fully saturated rings. The average Bonchev–Trinajstić information content (AvgIpc) is 3.46. The number of benzene rings is 1. The Labute approximate surface area is 253 Å². The molecule has 9 heteroatoms. The maximum atomic E-state index is 13.8.